The molecule has 0 amide bonds. The fourth-order valence-electron chi connectivity index (χ4n) is 3.15. The number of hydrogen-bond acceptors (Lipinski definition) is 5. The van der Waals surface area contributed by atoms with Gasteiger partial charge >= 0.3 is 0 Å². The van der Waals surface area contributed by atoms with Crippen molar-refractivity contribution in [3.05, 3.63) is 65.7 Å². The Kier molecular flexibility index (Phi) is 9.85. The first kappa shape index (κ1) is 22.8. The lowest BCUT2D eigenvalue weighted by molar-refractivity contribution is 0.0410. The number of ether oxygens (including phenoxy) is 2. The number of hydrogen-bond donors (Lipinski definition) is 0. The molecule has 28 heavy (non-hydrogen) atoms. The van der Waals surface area contributed by atoms with Crippen molar-refractivity contribution in [2.24, 2.45) is 0 Å². The zero-order valence-corrected chi connectivity index (χ0v) is 17.8. The molecule has 3 rings (SSSR count). The Bertz CT molecular complexity index is 705. The third kappa shape index (κ3) is 6.82. The summed E-state index contributed by atoms with van der Waals surface area (Å²) in [6.07, 6.45) is 0.504. The summed E-state index contributed by atoms with van der Waals surface area (Å²) in [6, 6.07) is 17.7. The van der Waals surface area contributed by atoms with E-state index in [-0.39, 0.29) is 23.4 Å². The van der Waals surface area contributed by atoms with Gasteiger partial charge in [-0.25, -0.2) is 0 Å². The second-order valence-corrected chi connectivity index (χ2v) is 7.89. The second kappa shape index (κ2) is 12.1. The average molecular weight is 422 g/mol. The lowest BCUT2D eigenvalue weighted by Crippen LogP contribution is -2.37. The second-order valence-electron chi connectivity index (χ2n) is 6.58. The molecule has 1 atom stereocenters. The lowest BCUT2D eigenvalue weighted by atomic mass is 10.0. The normalized spacial score (nSPS) is 15.5. The zero-order valence-electron chi connectivity index (χ0n) is 16.2. The molecule has 0 bridgehead atoms. The maximum Gasteiger partial charge on any atom is 0.164 e. The number of halogens is 1. The van der Waals surface area contributed by atoms with E-state index in [9.17, 15) is 4.79 Å². The molecule has 0 aromatic heterocycles. The molecule has 0 saturated carbocycles. The van der Waals surface area contributed by atoms with E-state index in [1.807, 2.05) is 54.2 Å². The van der Waals surface area contributed by atoms with Crippen LogP contribution in [0.5, 0.6) is 5.75 Å². The maximum absolute atomic E-state index is 12.8. The van der Waals surface area contributed by atoms with Crippen molar-refractivity contribution in [3.8, 4) is 5.75 Å². The van der Waals surface area contributed by atoms with Gasteiger partial charge in [0.15, 0.2) is 5.78 Å². The van der Waals surface area contributed by atoms with E-state index < -0.39 is 0 Å². The van der Waals surface area contributed by atoms with Gasteiger partial charge in [0, 0.05) is 42.6 Å². The zero-order chi connectivity index (χ0) is 18.9. The molecule has 1 fully saturated rings. The van der Waals surface area contributed by atoms with Crippen LogP contribution in [0.3, 0.4) is 0 Å². The molecule has 0 spiro atoms. The number of Topliss-reactive ketones (excluding diaryl/α,β-unsaturated/α-hetero) is 1. The van der Waals surface area contributed by atoms with Crippen LogP contribution in [0.4, 0.5) is 0 Å². The number of thioether (sulfide) groups is 1. The van der Waals surface area contributed by atoms with Crippen molar-refractivity contribution in [2.45, 2.75) is 11.7 Å². The molecule has 4 nitrogen and oxygen atoms in total. The summed E-state index contributed by atoms with van der Waals surface area (Å²) in [7, 11) is 1.67. The molecular weight excluding hydrogens is 394 g/mol. The molecule has 0 radical (unpaired) electrons. The van der Waals surface area contributed by atoms with Crippen LogP contribution in [0, 0.1) is 0 Å². The van der Waals surface area contributed by atoms with Crippen molar-refractivity contribution in [3.63, 3.8) is 0 Å². The largest absolute Gasteiger partial charge is 0.497 e. The number of nitrogens with zero attached hydrogens (tertiary/aromatic N) is 1. The molecule has 1 heterocycles. The number of carbonyl (C=O) groups is 1. The first-order valence-corrected chi connectivity index (χ1v) is 10.4. The summed E-state index contributed by atoms with van der Waals surface area (Å²) >= 11 is 1.86. The number of morpholine rings is 1. The minimum Gasteiger partial charge on any atom is -0.497 e. The van der Waals surface area contributed by atoms with Crippen LogP contribution in [0.2, 0.25) is 0 Å². The highest BCUT2D eigenvalue weighted by Crippen LogP contribution is 2.34. The van der Waals surface area contributed by atoms with Crippen molar-refractivity contribution in [2.75, 3.05) is 45.7 Å². The van der Waals surface area contributed by atoms with E-state index in [0.29, 0.717) is 6.42 Å². The Morgan fingerprint density at radius 3 is 2.43 bits per heavy atom. The Balaban J connectivity index is 0.00000280. The Hall–Kier alpha value is -1.53. The number of rotatable bonds is 9. The number of ketones is 1. The standard InChI is InChI=1S/C22H27NO3S.ClH/c1-25-20-9-7-19(8-10-20)22(17-21(24)18-5-3-2-4-6-18)27-16-13-23-11-14-26-15-12-23;/h2-10,22H,11-17H2,1H3;1H. The number of methoxy groups -OCH3 is 1. The number of carbonyl (C=O) groups excluding carboxylic acids is 1. The quantitative estimate of drug-likeness (QED) is 0.557. The fourth-order valence-corrected chi connectivity index (χ4v) is 4.42. The lowest BCUT2D eigenvalue weighted by Gasteiger charge is -2.27. The summed E-state index contributed by atoms with van der Waals surface area (Å²) in [5.41, 5.74) is 1.96. The van der Waals surface area contributed by atoms with E-state index in [4.69, 9.17) is 9.47 Å². The van der Waals surface area contributed by atoms with Gasteiger partial charge in [-0.15, -0.1) is 12.4 Å². The fraction of sp³-hybridized carbons (Fsp3) is 0.409. The molecule has 152 valence electrons. The Morgan fingerprint density at radius 2 is 1.79 bits per heavy atom. The van der Waals surface area contributed by atoms with E-state index in [0.717, 1.165) is 49.9 Å². The van der Waals surface area contributed by atoms with Crippen molar-refractivity contribution < 1.29 is 14.3 Å². The molecule has 6 heteroatoms. The molecule has 1 aliphatic rings. The van der Waals surface area contributed by atoms with Gasteiger partial charge in [-0.2, -0.15) is 11.8 Å². The van der Waals surface area contributed by atoms with Crippen LogP contribution >= 0.6 is 24.2 Å². The van der Waals surface area contributed by atoms with Gasteiger partial charge in [0.05, 0.1) is 20.3 Å². The van der Waals surface area contributed by atoms with E-state index in [2.05, 4.69) is 17.0 Å². The van der Waals surface area contributed by atoms with Crippen LogP contribution in [0.25, 0.3) is 0 Å². The molecule has 1 unspecified atom stereocenters. The maximum atomic E-state index is 12.8. The summed E-state index contributed by atoms with van der Waals surface area (Å²) in [6.45, 7) is 4.66. The van der Waals surface area contributed by atoms with Crippen molar-refractivity contribution in [1.29, 1.82) is 0 Å². The van der Waals surface area contributed by atoms with Gasteiger partial charge in [-0.1, -0.05) is 42.5 Å². The predicted molar refractivity (Wildman–Crippen MR) is 118 cm³/mol. The topological polar surface area (TPSA) is 38.8 Å². The average Bonchev–Trinajstić information content (AvgIpc) is 2.74. The molecular formula is C22H28ClNO3S. The first-order valence-electron chi connectivity index (χ1n) is 9.40. The molecule has 1 aliphatic heterocycles. The van der Waals surface area contributed by atoms with E-state index >= 15 is 0 Å². The third-order valence-electron chi connectivity index (χ3n) is 4.78. The minimum absolute atomic E-state index is 0. The van der Waals surface area contributed by atoms with Crippen molar-refractivity contribution in [1.82, 2.24) is 4.90 Å². The van der Waals surface area contributed by atoms with Gasteiger partial charge in [0.2, 0.25) is 0 Å². The molecule has 1 saturated heterocycles. The third-order valence-corrected chi connectivity index (χ3v) is 6.04. The van der Waals surface area contributed by atoms with Gasteiger partial charge in [-0.05, 0) is 17.7 Å². The first-order chi connectivity index (χ1) is 13.3. The molecule has 2 aromatic rings. The SMILES string of the molecule is COc1ccc(C(CC(=O)c2ccccc2)SCCN2CCOCC2)cc1.Cl. The summed E-state index contributed by atoms with van der Waals surface area (Å²) in [5.74, 6) is 2.03. The van der Waals surface area contributed by atoms with E-state index in [1.54, 1.807) is 7.11 Å². The van der Waals surface area contributed by atoms with Crippen molar-refractivity contribution >= 4 is 30.0 Å². The molecule has 0 N–H and O–H groups in total. The highest BCUT2D eigenvalue weighted by Gasteiger charge is 2.19. The molecule has 0 aliphatic carbocycles. The highest BCUT2D eigenvalue weighted by atomic mass is 35.5. The summed E-state index contributed by atoms with van der Waals surface area (Å²) in [5, 5.41) is 0.143. The van der Waals surface area contributed by atoms with E-state index in [1.165, 1.54) is 5.56 Å². The Labute approximate surface area is 178 Å². The van der Waals surface area contributed by atoms with Crippen LogP contribution < -0.4 is 4.74 Å². The van der Waals surface area contributed by atoms with Crippen LogP contribution in [-0.4, -0.2) is 56.4 Å². The monoisotopic (exact) mass is 421 g/mol. The summed E-state index contributed by atoms with van der Waals surface area (Å²) < 4.78 is 10.7. The van der Waals surface area contributed by atoms with Crippen LogP contribution in [-0.2, 0) is 4.74 Å². The van der Waals surface area contributed by atoms with Gasteiger partial charge in [0.1, 0.15) is 5.75 Å². The van der Waals surface area contributed by atoms with Crippen LogP contribution in [0.15, 0.2) is 54.6 Å². The van der Waals surface area contributed by atoms with Crippen LogP contribution in [0.1, 0.15) is 27.6 Å². The minimum atomic E-state index is 0. The smallest absolute Gasteiger partial charge is 0.164 e. The van der Waals surface area contributed by atoms with Gasteiger partial charge in [-0.3, -0.25) is 9.69 Å². The number of benzene rings is 2. The predicted octanol–water partition coefficient (Wildman–Crippen LogP) is 4.50. The molecule has 2 aromatic carbocycles. The Morgan fingerprint density at radius 1 is 1.11 bits per heavy atom. The highest BCUT2D eigenvalue weighted by molar-refractivity contribution is 7.99. The summed E-state index contributed by atoms with van der Waals surface area (Å²) in [4.78, 5) is 15.2. The van der Waals surface area contributed by atoms with Gasteiger partial charge in [0.25, 0.3) is 0 Å². The van der Waals surface area contributed by atoms with Gasteiger partial charge < -0.3 is 9.47 Å².